The highest BCUT2D eigenvalue weighted by Crippen LogP contribution is 2.47. The fourth-order valence-corrected chi connectivity index (χ4v) is 3.66. The van der Waals surface area contributed by atoms with Crippen molar-refractivity contribution in [1.82, 2.24) is 9.78 Å². The molecule has 2 N–H and O–H groups in total. The summed E-state index contributed by atoms with van der Waals surface area (Å²) in [6.07, 6.45) is 6.48. The summed E-state index contributed by atoms with van der Waals surface area (Å²) in [5, 5.41) is 5.26. The second-order valence-corrected chi connectivity index (χ2v) is 7.02. The van der Waals surface area contributed by atoms with E-state index in [2.05, 4.69) is 30.6 Å². The molecule has 0 bridgehead atoms. The van der Waals surface area contributed by atoms with Gasteiger partial charge in [0.1, 0.15) is 0 Å². The van der Waals surface area contributed by atoms with E-state index in [0.29, 0.717) is 17.3 Å². The van der Waals surface area contributed by atoms with Crippen molar-refractivity contribution in [3.05, 3.63) is 16.9 Å². The van der Waals surface area contributed by atoms with Crippen LogP contribution in [0.2, 0.25) is 5.02 Å². The number of nitrogens with two attached hydrogens (primary N) is 1. The van der Waals surface area contributed by atoms with Crippen molar-refractivity contribution in [1.29, 1.82) is 0 Å². The highest BCUT2D eigenvalue weighted by atomic mass is 35.5. The predicted molar refractivity (Wildman–Crippen MR) is 80.4 cm³/mol. The Morgan fingerprint density at radius 1 is 1.53 bits per heavy atom. The maximum Gasteiger partial charge on any atom is 0.0820 e. The lowest BCUT2D eigenvalue weighted by atomic mass is 9.66. The van der Waals surface area contributed by atoms with Crippen LogP contribution in [0, 0.1) is 11.3 Å². The average molecular weight is 284 g/mol. The molecule has 2 rings (SSSR count). The predicted octanol–water partition coefficient (Wildman–Crippen LogP) is 3.82. The molecule has 1 heterocycles. The first kappa shape index (κ1) is 14.9. The SMILES string of the molecule is CCCn1ncc(Cl)c1C1CC(C)(C)CCC1CN. The molecule has 1 saturated carbocycles. The summed E-state index contributed by atoms with van der Waals surface area (Å²) in [6, 6.07) is 0. The van der Waals surface area contributed by atoms with Gasteiger partial charge in [-0.2, -0.15) is 5.10 Å². The van der Waals surface area contributed by atoms with Crippen molar-refractivity contribution < 1.29 is 0 Å². The molecule has 1 aromatic heterocycles. The molecule has 1 fully saturated rings. The summed E-state index contributed by atoms with van der Waals surface area (Å²) in [4.78, 5) is 0. The second kappa shape index (κ2) is 5.84. The highest BCUT2D eigenvalue weighted by Gasteiger charge is 2.37. The van der Waals surface area contributed by atoms with Crippen molar-refractivity contribution in [2.75, 3.05) is 6.54 Å². The zero-order chi connectivity index (χ0) is 14.0. The summed E-state index contributed by atoms with van der Waals surface area (Å²) in [7, 11) is 0. The molecule has 0 amide bonds. The van der Waals surface area contributed by atoms with Crippen LogP contribution in [0.1, 0.15) is 58.1 Å². The van der Waals surface area contributed by atoms with Crippen LogP contribution < -0.4 is 5.73 Å². The molecule has 108 valence electrons. The van der Waals surface area contributed by atoms with Crippen LogP contribution in [0.25, 0.3) is 0 Å². The third kappa shape index (κ3) is 3.14. The van der Waals surface area contributed by atoms with Crippen molar-refractivity contribution in [2.45, 2.75) is 58.9 Å². The third-order valence-electron chi connectivity index (χ3n) is 4.46. The van der Waals surface area contributed by atoms with Crippen molar-refractivity contribution in [2.24, 2.45) is 17.1 Å². The van der Waals surface area contributed by atoms with Gasteiger partial charge in [-0.25, -0.2) is 0 Å². The summed E-state index contributed by atoms with van der Waals surface area (Å²) in [6.45, 7) is 8.55. The van der Waals surface area contributed by atoms with Crippen LogP contribution in [-0.2, 0) is 6.54 Å². The van der Waals surface area contributed by atoms with Gasteiger partial charge in [0.25, 0.3) is 0 Å². The van der Waals surface area contributed by atoms with Gasteiger partial charge in [-0.1, -0.05) is 32.4 Å². The van der Waals surface area contributed by atoms with Crippen LogP contribution in [0.4, 0.5) is 0 Å². The fourth-order valence-electron chi connectivity index (χ4n) is 3.37. The number of hydrogen-bond acceptors (Lipinski definition) is 2. The smallest absolute Gasteiger partial charge is 0.0820 e. The summed E-state index contributed by atoms with van der Waals surface area (Å²) >= 11 is 6.41. The first-order chi connectivity index (χ1) is 8.98. The molecule has 0 saturated heterocycles. The zero-order valence-electron chi connectivity index (χ0n) is 12.3. The van der Waals surface area contributed by atoms with Gasteiger partial charge < -0.3 is 5.73 Å². The second-order valence-electron chi connectivity index (χ2n) is 6.61. The normalized spacial score (nSPS) is 26.6. The molecule has 2 atom stereocenters. The Balaban J connectivity index is 2.33. The number of aromatic nitrogens is 2. The Hall–Kier alpha value is -0.540. The number of halogens is 1. The quantitative estimate of drug-likeness (QED) is 0.913. The van der Waals surface area contributed by atoms with Crippen LogP contribution in [0.3, 0.4) is 0 Å². The van der Waals surface area contributed by atoms with Crippen molar-refractivity contribution in [3.63, 3.8) is 0 Å². The molecule has 0 aromatic carbocycles. The van der Waals surface area contributed by atoms with Gasteiger partial charge in [-0.3, -0.25) is 4.68 Å². The molecule has 1 aliphatic carbocycles. The van der Waals surface area contributed by atoms with Gasteiger partial charge in [0, 0.05) is 12.5 Å². The number of hydrogen-bond donors (Lipinski definition) is 1. The Morgan fingerprint density at radius 2 is 2.26 bits per heavy atom. The van der Waals surface area contributed by atoms with Crippen LogP contribution in [0.5, 0.6) is 0 Å². The minimum absolute atomic E-state index is 0.376. The van der Waals surface area contributed by atoms with Crippen LogP contribution >= 0.6 is 11.6 Å². The first-order valence-corrected chi connectivity index (χ1v) is 7.77. The van der Waals surface area contributed by atoms with Crippen LogP contribution in [0.15, 0.2) is 6.20 Å². The van der Waals surface area contributed by atoms with Crippen molar-refractivity contribution in [3.8, 4) is 0 Å². The lowest BCUT2D eigenvalue weighted by molar-refractivity contribution is 0.160. The summed E-state index contributed by atoms with van der Waals surface area (Å²) in [5.74, 6) is 0.994. The maximum absolute atomic E-state index is 6.41. The van der Waals surface area contributed by atoms with E-state index in [9.17, 15) is 0 Å². The average Bonchev–Trinajstić information content (AvgIpc) is 2.70. The number of aryl methyl sites for hydroxylation is 1. The molecule has 1 aromatic rings. The van der Waals surface area contributed by atoms with Gasteiger partial charge in [-0.05, 0) is 43.6 Å². The Labute approximate surface area is 121 Å². The van der Waals surface area contributed by atoms with E-state index < -0.39 is 0 Å². The largest absolute Gasteiger partial charge is 0.330 e. The molecular weight excluding hydrogens is 258 g/mol. The molecule has 0 spiro atoms. The zero-order valence-corrected chi connectivity index (χ0v) is 13.1. The van der Waals surface area contributed by atoms with Gasteiger partial charge in [-0.15, -0.1) is 0 Å². The van der Waals surface area contributed by atoms with E-state index in [1.807, 2.05) is 0 Å². The Morgan fingerprint density at radius 3 is 2.89 bits per heavy atom. The van der Waals surface area contributed by atoms with E-state index in [4.69, 9.17) is 17.3 Å². The first-order valence-electron chi connectivity index (χ1n) is 7.39. The Bertz CT molecular complexity index is 425. The van der Waals surface area contributed by atoms with Crippen LogP contribution in [-0.4, -0.2) is 16.3 Å². The lowest BCUT2D eigenvalue weighted by Gasteiger charge is -2.40. The molecule has 19 heavy (non-hydrogen) atoms. The third-order valence-corrected chi connectivity index (χ3v) is 4.75. The molecule has 1 aliphatic rings. The fraction of sp³-hybridized carbons (Fsp3) is 0.800. The number of nitrogens with zero attached hydrogens (tertiary/aromatic N) is 2. The van der Waals surface area contributed by atoms with Gasteiger partial charge >= 0.3 is 0 Å². The minimum Gasteiger partial charge on any atom is -0.330 e. The molecule has 2 unspecified atom stereocenters. The highest BCUT2D eigenvalue weighted by molar-refractivity contribution is 6.31. The van der Waals surface area contributed by atoms with Gasteiger partial charge in [0.2, 0.25) is 0 Å². The topological polar surface area (TPSA) is 43.8 Å². The van der Waals surface area contributed by atoms with E-state index in [1.165, 1.54) is 18.5 Å². The monoisotopic (exact) mass is 283 g/mol. The molecular formula is C15H26ClN3. The van der Waals surface area contributed by atoms with E-state index >= 15 is 0 Å². The minimum atomic E-state index is 0.376. The summed E-state index contributed by atoms with van der Waals surface area (Å²) in [5.41, 5.74) is 7.58. The molecule has 3 nitrogen and oxygen atoms in total. The van der Waals surface area contributed by atoms with Gasteiger partial charge in [0.05, 0.1) is 16.9 Å². The molecule has 0 radical (unpaired) electrons. The van der Waals surface area contributed by atoms with E-state index in [1.54, 1.807) is 6.20 Å². The Kier molecular flexibility index (Phi) is 4.57. The van der Waals surface area contributed by atoms with Gasteiger partial charge in [0.15, 0.2) is 0 Å². The van der Waals surface area contributed by atoms with E-state index in [-0.39, 0.29) is 0 Å². The maximum atomic E-state index is 6.41. The molecule has 0 aliphatic heterocycles. The number of rotatable bonds is 4. The molecule has 4 heteroatoms. The van der Waals surface area contributed by atoms with Crippen molar-refractivity contribution >= 4 is 11.6 Å². The summed E-state index contributed by atoms with van der Waals surface area (Å²) < 4.78 is 2.09. The lowest BCUT2D eigenvalue weighted by Crippen LogP contribution is -2.34. The standard InChI is InChI=1S/C15H26ClN3/c1-4-7-19-14(13(16)10-18-19)12-8-15(2,3)6-5-11(12)9-17/h10-12H,4-9,17H2,1-3H3. The van der Waals surface area contributed by atoms with E-state index in [0.717, 1.165) is 31.0 Å².